The minimum absolute atomic E-state index is 0.115. The minimum Gasteiger partial charge on any atom is -0.497 e. The maximum absolute atomic E-state index is 12.8. The number of hydrogen-bond donors (Lipinski definition) is 0. The second-order valence-electron chi connectivity index (χ2n) is 6.55. The summed E-state index contributed by atoms with van der Waals surface area (Å²) in [4.78, 5) is 40.4. The van der Waals surface area contributed by atoms with E-state index < -0.39 is 6.04 Å². The summed E-state index contributed by atoms with van der Waals surface area (Å²) in [6.07, 6.45) is 1.48. The van der Waals surface area contributed by atoms with Crippen molar-refractivity contribution in [3.05, 3.63) is 24.3 Å². The molecule has 0 aliphatic carbocycles. The van der Waals surface area contributed by atoms with Gasteiger partial charge in [0.2, 0.25) is 5.91 Å². The Hall–Kier alpha value is -2.41. The Kier molecular flexibility index (Phi) is 5.56. The third-order valence-electron chi connectivity index (χ3n) is 5.04. The molecule has 3 rings (SSSR count). The molecule has 1 aromatic rings. The molecule has 2 saturated heterocycles. The molecule has 0 saturated carbocycles. The second kappa shape index (κ2) is 7.86. The Morgan fingerprint density at radius 3 is 2.38 bits per heavy atom. The van der Waals surface area contributed by atoms with E-state index in [0.29, 0.717) is 44.0 Å². The fraction of sp³-hybridized carbons (Fsp3) is 0.526. The van der Waals surface area contributed by atoms with E-state index in [1.54, 1.807) is 38.3 Å². The molecule has 0 N–H and O–H groups in total. The van der Waals surface area contributed by atoms with E-state index in [2.05, 4.69) is 0 Å². The van der Waals surface area contributed by atoms with Gasteiger partial charge in [-0.1, -0.05) is 0 Å². The first-order chi connectivity index (χ1) is 12.5. The zero-order valence-electron chi connectivity index (χ0n) is 15.1. The zero-order valence-corrected chi connectivity index (χ0v) is 15.1. The highest BCUT2D eigenvalue weighted by atomic mass is 16.5. The van der Waals surface area contributed by atoms with E-state index in [-0.39, 0.29) is 30.1 Å². The van der Waals surface area contributed by atoms with Gasteiger partial charge in [-0.15, -0.1) is 0 Å². The molecule has 26 heavy (non-hydrogen) atoms. The van der Waals surface area contributed by atoms with E-state index in [0.717, 1.165) is 0 Å². The second-order valence-corrected chi connectivity index (χ2v) is 6.55. The third-order valence-corrected chi connectivity index (χ3v) is 5.04. The standard InChI is InChI=1S/C19H24N2O5/c1-3-26-19(24)13-8-10-20(11-9-13)16-12-17(22)21(18(16)23)14-4-6-15(25-2)7-5-14/h4-7,13,16H,3,8-12H2,1-2H3. The molecule has 1 unspecified atom stereocenters. The number of likely N-dealkylation sites (tertiary alicyclic amines) is 1. The largest absolute Gasteiger partial charge is 0.497 e. The van der Waals surface area contributed by atoms with Gasteiger partial charge in [0.1, 0.15) is 5.75 Å². The molecule has 2 heterocycles. The lowest BCUT2D eigenvalue weighted by Crippen LogP contribution is -2.47. The van der Waals surface area contributed by atoms with Crippen molar-refractivity contribution < 1.29 is 23.9 Å². The van der Waals surface area contributed by atoms with E-state index in [1.165, 1.54) is 4.90 Å². The van der Waals surface area contributed by atoms with Crippen molar-refractivity contribution in [1.82, 2.24) is 4.90 Å². The number of anilines is 1. The van der Waals surface area contributed by atoms with Crippen LogP contribution in [0.3, 0.4) is 0 Å². The number of nitrogens with zero attached hydrogens (tertiary/aromatic N) is 2. The van der Waals surface area contributed by atoms with Gasteiger partial charge >= 0.3 is 5.97 Å². The maximum atomic E-state index is 12.8. The predicted molar refractivity (Wildman–Crippen MR) is 94.8 cm³/mol. The molecule has 2 aliphatic heterocycles. The van der Waals surface area contributed by atoms with Gasteiger partial charge in [-0.05, 0) is 57.1 Å². The van der Waals surface area contributed by atoms with Crippen LogP contribution in [0.5, 0.6) is 5.75 Å². The first-order valence-corrected chi connectivity index (χ1v) is 8.96. The molecule has 0 bridgehead atoms. The molecule has 7 heteroatoms. The van der Waals surface area contributed by atoms with Crippen molar-refractivity contribution >= 4 is 23.5 Å². The summed E-state index contributed by atoms with van der Waals surface area (Å²) in [7, 11) is 1.57. The maximum Gasteiger partial charge on any atom is 0.309 e. The van der Waals surface area contributed by atoms with Gasteiger partial charge < -0.3 is 9.47 Å². The summed E-state index contributed by atoms with van der Waals surface area (Å²) in [5.41, 5.74) is 0.560. The van der Waals surface area contributed by atoms with Crippen LogP contribution in [0.2, 0.25) is 0 Å². The summed E-state index contributed by atoms with van der Waals surface area (Å²) in [6.45, 7) is 3.41. The Labute approximate surface area is 152 Å². The lowest BCUT2D eigenvalue weighted by atomic mass is 9.95. The van der Waals surface area contributed by atoms with Crippen molar-refractivity contribution in [3.63, 3.8) is 0 Å². The number of ether oxygens (including phenoxy) is 2. The zero-order chi connectivity index (χ0) is 18.7. The first kappa shape index (κ1) is 18.4. The van der Waals surface area contributed by atoms with Crippen LogP contribution in [-0.2, 0) is 19.1 Å². The Morgan fingerprint density at radius 1 is 1.15 bits per heavy atom. The van der Waals surface area contributed by atoms with Crippen molar-refractivity contribution in [2.45, 2.75) is 32.2 Å². The molecule has 2 aliphatic rings. The van der Waals surface area contributed by atoms with Crippen molar-refractivity contribution in [1.29, 1.82) is 0 Å². The highest BCUT2D eigenvalue weighted by Gasteiger charge is 2.44. The van der Waals surface area contributed by atoms with Crippen LogP contribution in [0.1, 0.15) is 26.2 Å². The van der Waals surface area contributed by atoms with Gasteiger partial charge in [0.15, 0.2) is 0 Å². The van der Waals surface area contributed by atoms with Crippen molar-refractivity contribution in [2.75, 3.05) is 31.7 Å². The molecule has 0 spiro atoms. The number of methoxy groups -OCH3 is 1. The Balaban J connectivity index is 1.65. The molecule has 0 aromatic heterocycles. The van der Waals surface area contributed by atoms with Gasteiger partial charge in [-0.3, -0.25) is 19.3 Å². The van der Waals surface area contributed by atoms with Gasteiger partial charge in [-0.2, -0.15) is 0 Å². The number of hydrogen-bond acceptors (Lipinski definition) is 6. The van der Waals surface area contributed by atoms with Gasteiger partial charge in [0.25, 0.3) is 5.91 Å². The highest BCUT2D eigenvalue weighted by molar-refractivity contribution is 6.22. The molecular weight excluding hydrogens is 336 g/mol. The first-order valence-electron chi connectivity index (χ1n) is 8.96. The van der Waals surface area contributed by atoms with Crippen LogP contribution >= 0.6 is 0 Å². The van der Waals surface area contributed by atoms with Crippen LogP contribution in [0.15, 0.2) is 24.3 Å². The molecular formula is C19H24N2O5. The summed E-state index contributed by atoms with van der Waals surface area (Å²) < 4.78 is 10.2. The van der Waals surface area contributed by atoms with Gasteiger partial charge in [0.05, 0.1) is 37.8 Å². The van der Waals surface area contributed by atoms with Crippen molar-refractivity contribution in [3.8, 4) is 5.75 Å². The third kappa shape index (κ3) is 3.58. The SMILES string of the molecule is CCOC(=O)C1CCN(C2CC(=O)N(c3ccc(OC)cc3)C2=O)CC1. The lowest BCUT2D eigenvalue weighted by molar-refractivity contribution is -0.149. The van der Waals surface area contributed by atoms with Gasteiger partial charge in [-0.25, -0.2) is 4.90 Å². The monoisotopic (exact) mass is 360 g/mol. The van der Waals surface area contributed by atoms with E-state index in [1.807, 2.05) is 4.90 Å². The number of amides is 2. The minimum atomic E-state index is -0.451. The number of imide groups is 1. The lowest BCUT2D eigenvalue weighted by Gasteiger charge is -2.33. The molecule has 7 nitrogen and oxygen atoms in total. The van der Waals surface area contributed by atoms with E-state index in [9.17, 15) is 14.4 Å². The number of esters is 1. The number of carbonyl (C=O) groups excluding carboxylic acids is 3. The normalized spacial score (nSPS) is 21.9. The van der Waals surface area contributed by atoms with E-state index in [4.69, 9.17) is 9.47 Å². The average Bonchev–Trinajstić information content (AvgIpc) is 2.96. The fourth-order valence-electron chi connectivity index (χ4n) is 3.61. The van der Waals surface area contributed by atoms with Crippen LogP contribution in [0, 0.1) is 5.92 Å². The topological polar surface area (TPSA) is 76.2 Å². The Bertz CT molecular complexity index is 680. The predicted octanol–water partition coefficient (Wildman–Crippen LogP) is 1.60. The smallest absolute Gasteiger partial charge is 0.309 e. The van der Waals surface area contributed by atoms with E-state index >= 15 is 0 Å². The van der Waals surface area contributed by atoms with Crippen molar-refractivity contribution in [2.24, 2.45) is 5.92 Å². The number of piperidine rings is 1. The molecule has 2 amide bonds. The fourth-order valence-corrected chi connectivity index (χ4v) is 3.61. The summed E-state index contributed by atoms with van der Waals surface area (Å²) in [5, 5.41) is 0. The summed E-state index contributed by atoms with van der Waals surface area (Å²) in [5.74, 6) is -0.00482. The summed E-state index contributed by atoms with van der Waals surface area (Å²) >= 11 is 0. The molecule has 140 valence electrons. The van der Waals surface area contributed by atoms with Gasteiger partial charge in [0, 0.05) is 0 Å². The van der Waals surface area contributed by atoms with Crippen LogP contribution in [0.4, 0.5) is 5.69 Å². The van der Waals surface area contributed by atoms with Crippen LogP contribution in [-0.4, -0.2) is 55.5 Å². The Morgan fingerprint density at radius 2 is 1.81 bits per heavy atom. The van der Waals surface area contributed by atoms with Crippen LogP contribution < -0.4 is 9.64 Å². The average molecular weight is 360 g/mol. The molecule has 2 fully saturated rings. The molecule has 0 radical (unpaired) electrons. The highest BCUT2D eigenvalue weighted by Crippen LogP contribution is 2.29. The molecule has 1 atom stereocenters. The number of benzene rings is 1. The molecule has 1 aromatic carbocycles. The summed E-state index contributed by atoms with van der Waals surface area (Å²) in [6, 6.07) is 6.43. The van der Waals surface area contributed by atoms with Crippen LogP contribution in [0.25, 0.3) is 0 Å². The number of carbonyl (C=O) groups is 3. The number of rotatable bonds is 5. The quantitative estimate of drug-likeness (QED) is 0.586.